The van der Waals surface area contributed by atoms with Gasteiger partial charge in [0.2, 0.25) is 11.8 Å². The van der Waals surface area contributed by atoms with Gasteiger partial charge >= 0.3 is 0 Å². The molecule has 0 bridgehead atoms. The second-order valence-corrected chi connectivity index (χ2v) is 6.13. The third-order valence-electron chi connectivity index (χ3n) is 5.13. The predicted molar refractivity (Wildman–Crippen MR) is 79.0 cm³/mol. The Hall–Kier alpha value is -1.88. The summed E-state index contributed by atoms with van der Waals surface area (Å²) in [4.78, 5) is 27.5. The van der Waals surface area contributed by atoms with Crippen molar-refractivity contribution >= 4 is 17.5 Å². The van der Waals surface area contributed by atoms with Crippen LogP contribution in [0.15, 0.2) is 24.3 Å². The molecule has 1 spiro atoms. The SMILES string of the molecule is O=C1Nc2ccccc2C12CCN(C1CCNCC1)C2=O. The molecule has 2 amide bonds. The van der Waals surface area contributed by atoms with Gasteiger partial charge in [-0.25, -0.2) is 0 Å². The van der Waals surface area contributed by atoms with Crippen molar-refractivity contribution in [3.63, 3.8) is 0 Å². The molecule has 2 saturated heterocycles. The van der Waals surface area contributed by atoms with E-state index in [1.54, 1.807) is 0 Å². The Labute approximate surface area is 123 Å². The summed E-state index contributed by atoms with van der Waals surface area (Å²) in [5, 5.41) is 6.21. The first kappa shape index (κ1) is 12.8. The Morgan fingerprint density at radius 3 is 2.71 bits per heavy atom. The van der Waals surface area contributed by atoms with Gasteiger partial charge in [0.05, 0.1) is 0 Å². The molecule has 110 valence electrons. The maximum absolute atomic E-state index is 13.0. The first-order chi connectivity index (χ1) is 10.2. The third kappa shape index (κ3) is 1.67. The lowest BCUT2D eigenvalue weighted by molar-refractivity contribution is -0.139. The number of fused-ring (bicyclic) bond motifs is 2. The highest BCUT2D eigenvalue weighted by atomic mass is 16.2. The van der Waals surface area contributed by atoms with Crippen LogP contribution in [0.2, 0.25) is 0 Å². The summed E-state index contributed by atoms with van der Waals surface area (Å²) in [7, 11) is 0. The molecule has 3 aliphatic heterocycles. The molecule has 0 saturated carbocycles. The minimum atomic E-state index is -0.971. The summed E-state index contributed by atoms with van der Waals surface area (Å²) < 4.78 is 0. The fourth-order valence-electron chi connectivity index (χ4n) is 3.98. The van der Waals surface area contributed by atoms with Gasteiger partial charge in [-0.15, -0.1) is 0 Å². The highest BCUT2D eigenvalue weighted by Crippen LogP contribution is 2.45. The second-order valence-electron chi connectivity index (χ2n) is 6.13. The van der Waals surface area contributed by atoms with E-state index in [2.05, 4.69) is 10.6 Å². The molecule has 2 N–H and O–H groups in total. The molecule has 0 aliphatic carbocycles. The summed E-state index contributed by atoms with van der Waals surface area (Å²) in [6, 6.07) is 7.86. The summed E-state index contributed by atoms with van der Waals surface area (Å²) in [6.07, 6.45) is 2.55. The maximum atomic E-state index is 13.0. The standard InChI is InChI=1S/C16H19N3O2/c20-14-16(12-3-1-2-4-13(12)18-14)7-10-19(15(16)21)11-5-8-17-9-6-11/h1-4,11,17H,5-10H2,(H,18,20). The number of nitrogens with zero attached hydrogens (tertiary/aromatic N) is 1. The number of para-hydroxylation sites is 1. The minimum Gasteiger partial charge on any atom is -0.338 e. The number of carbonyl (C=O) groups is 2. The van der Waals surface area contributed by atoms with E-state index in [4.69, 9.17) is 0 Å². The summed E-state index contributed by atoms with van der Waals surface area (Å²) in [5.41, 5.74) is 0.681. The fraction of sp³-hybridized carbons (Fsp3) is 0.500. The largest absolute Gasteiger partial charge is 0.338 e. The molecule has 0 aromatic heterocycles. The Kier molecular flexibility index (Phi) is 2.79. The smallest absolute Gasteiger partial charge is 0.244 e. The average Bonchev–Trinajstić information content (AvgIpc) is 3.01. The van der Waals surface area contributed by atoms with Crippen molar-refractivity contribution in [2.75, 3.05) is 25.0 Å². The second kappa shape index (κ2) is 4.56. The van der Waals surface area contributed by atoms with Crippen LogP contribution < -0.4 is 10.6 Å². The molecular weight excluding hydrogens is 266 g/mol. The number of rotatable bonds is 1. The van der Waals surface area contributed by atoms with E-state index in [1.807, 2.05) is 29.2 Å². The number of hydrogen-bond acceptors (Lipinski definition) is 3. The Morgan fingerprint density at radius 2 is 1.90 bits per heavy atom. The normalized spacial score (nSPS) is 29.0. The number of anilines is 1. The van der Waals surface area contributed by atoms with Crippen LogP contribution >= 0.6 is 0 Å². The Morgan fingerprint density at radius 1 is 1.14 bits per heavy atom. The van der Waals surface area contributed by atoms with Crippen molar-refractivity contribution in [1.29, 1.82) is 0 Å². The molecule has 1 unspecified atom stereocenters. The molecule has 5 nitrogen and oxygen atoms in total. The monoisotopic (exact) mass is 285 g/mol. The molecule has 1 aromatic rings. The molecule has 5 heteroatoms. The van der Waals surface area contributed by atoms with Gasteiger partial charge in [-0.3, -0.25) is 9.59 Å². The first-order valence-corrected chi connectivity index (χ1v) is 7.66. The van der Waals surface area contributed by atoms with Crippen molar-refractivity contribution in [3.05, 3.63) is 29.8 Å². The lowest BCUT2D eigenvalue weighted by atomic mass is 9.80. The van der Waals surface area contributed by atoms with E-state index < -0.39 is 5.41 Å². The van der Waals surface area contributed by atoms with Gasteiger partial charge in [-0.05, 0) is 38.4 Å². The highest BCUT2D eigenvalue weighted by molar-refractivity contribution is 6.21. The van der Waals surface area contributed by atoms with Gasteiger partial charge in [-0.1, -0.05) is 18.2 Å². The van der Waals surface area contributed by atoms with Crippen LogP contribution in [0, 0.1) is 0 Å². The topological polar surface area (TPSA) is 61.4 Å². The molecule has 4 rings (SSSR count). The number of benzene rings is 1. The lowest BCUT2D eigenvalue weighted by Gasteiger charge is -2.32. The molecule has 3 aliphatic rings. The number of carbonyl (C=O) groups excluding carboxylic acids is 2. The Balaban J connectivity index is 1.70. The van der Waals surface area contributed by atoms with Crippen LogP contribution in [-0.4, -0.2) is 42.4 Å². The van der Waals surface area contributed by atoms with E-state index in [0.717, 1.165) is 37.2 Å². The van der Waals surface area contributed by atoms with Crippen LogP contribution in [-0.2, 0) is 15.0 Å². The average molecular weight is 285 g/mol. The molecule has 1 aromatic carbocycles. The van der Waals surface area contributed by atoms with Crippen molar-refractivity contribution in [2.24, 2.45) is 0 Å². The first-order valence-electron chi connectivity index (χ1n) is 7.66. The van der Waals surface area contributed by atoms with Crippen LogP contribution in [0.5, 0.6) is 0 Å². The molecule has 1 atom stereocenters. The molecule has 0 radical (unpaired) electrons. The zero-order valence-corrected chi connectivity index (χ0v) is 11.9. The minimum absolute atomic E-state index is 0.00292. The summed E-state index contributed by atoms with van der Waals surface area (Å²) >= 11 is 0. The molecule has 2 fully saturated rings. The van der Waals surface area contributed by atoms with Gasteiger partial charge in [0, 0.05) is 23.8 Å². The van der Waals surface area contributed by atoms with Crippen LogP contribution in [0.3, 0.4) is 0 Å². The quantitative estimate of drug-likeness (QED) is 0.752. The molecular formula is C16H19N3O2. The van der Waals surface area contributed by atoms with Crippen molar-refractivity contribution in [2.45, 2.75) is 30.7 Å². The van der Waals surface area contributed by atoms with Crippen molar-refractivity contribution < 1.29 is 9.59 Å². The van der Waals surface area contributed by atoms with Gasteiger partial charge in [-0.2, -0.15) is 0 Å². The van der Waals surface area contributed by atoms with E-state index >= 15 is 0 Å². The number of nitrogens with one attached hydrogen (secondary N) is 2. The molecule has 21 heavy (non-hydrogen) atoms. The van der Waals surface area contributed by atoms with E-state index in [1.165, 1.54) is 0 Å². The van der Waals surface area contributed by atoms with Gasteiger partial charge < -0.3 is 15.5 Å². The number of hydrogen-bond donors (Lipinski definition) is 2. The number of piperidine rings is 1. The Bertz CT molecular complexity index is 609. The van der Waals surface area contributed by atoms with Gasteiger partial charge in [0.15, 0.2) is 5.41 Å². The van der Waals surface area contributed by atoms with E-state index in [-0.39, 0.29) is 17.9 Å². The van der Waals surface area contributed by atoms with Crippen molar-refractivity contribution in [1.82, 2.24) is 10.2 Å². The number of amides is 2. The highest BCUT2D eigenvalue weighted by Gasteiger charge is 2.58. The number of likely N-dealkylation sites (tertiary alicyclic amines) is 1. The van der Waals surface area contributed by atoms with Crippen LogP contribution in [0.4, 0.5) is 5.69 Å². The van der Waals surface area contributed by atoms with Gasteiger partial charge in [0.25, 0.3) is 0 Å². The van der Waals surface area contributed by atoms with Crippen LogP contribution in [0.1, 0.15) is 24.8 Å². The van der Waals surface area contributed by atoms with Crippen molar-refractivity contribution in [3.8, 4) is 0 Å². The fourth-order valence-corrected chi connectivity index (χ4v) is 3.98. The summed E-state index contributed by atoms with van der Waals surface area (Å²) in [6.45, 7) is 2.58. The van der Waals surface area contributed by atoms with Crippen LogP contribution in [0.25, 0.3) is 0 Å². The summed E-state index contributed by atoms with van der Waals surface area (Å²) in [5.74, 6) is -0.151. The third-order valence-corrected chi connectivity index (χ3v) is 5.13. The van der Waals surface area contributed by atoms with E-state index in [9.17, 15) is 9.59 Å². The zero-order valence-electron chi connectivity index (χ0n) is 11.9. The lowest BCUT2D eigenvalue weighted by Crippen LogP contribution is -2.49. The maximum Gasteiger partial charge on any atom is 0.244 e. The zero-order chi connectivity index (χ0) is 14.4. The predicted octanol–water partition coefficient (Wildman–Crippen LogP) is 0.861. The van der Waals surface area contributed by atoms with Gasteiger partial charge in [0.1, 0.15) is 0 Å². The molecule has 3 heterocycles. The van der Waals surface area contributed by atoms with E-state index in [0.29, 0.717) is 13.0 Å².